The summed E-state index contributed by atoms with van der Waals surface area (Å²) >= 11 is 13.3. The van der Waals surface area contributed by atoms with Gasteiger partial charge in [0.1, 0.15) is 5.82 Å². The molecule has 0 amide bonds. The van der Waals surface area contributed by atoms with E-state index in [9.17, 15) is 4.39 Å². The predicted octanol–water partition coefficient (Wildman–Crippen LogP) is 4.79. The van der Waals surface area contributed by atoms with Gasteiger partial charge in [0.15, 0.2) is 0 Å². The average Bonchev–Trinajstić information content (AvgIpc) is 2.42. The van der Waals surface area contributed by atoms with Gasteiger partial charge in [-0.2, -0.15) is 0 Å². The Morgan fingerprint density at radius 1 is 1.10 bits per heavy atom. The van der Waals surface area contributed by atoms with Gasteiger partial charge in [-0.15, -0.1) is 11.8 Å². The summed E-state index contributed by atoms with van der Waals surface area (Å²) in [6.45, 7) is 0. The Bertz CT molecular complexity index is 592. The lowest BCUT2D eigenvalue weighted by Gasteiger charge is -2.12. The first-order valence-electron chi connectivity index (χ1n) is 6.13. The first kappa shape index (κ1) is 15.6. The van der Waals surface area contributed by atoms with E-state index >= 15 is 0 Å². The van der Waals surface area contributed by atoms with Gasteiger partial charge in [-0.1, -0.05) is 41.4 Å². The number of halogens is 3. The molecule has 0 aliphatic carbocycles. The van der Waals surface area contributed by atoms with Gasteiger partial charge in [-0.25, -0.2) is 4.39 Å². The number of hydrogen-bond acceptors (Lipinski definition) is 2. The lowest BCUT2D eigenvalue weighted by molar-refractivity contribution is 0.623. The van der Waals surface area contributed by atoms with Crippen molar-refractivity contribution in [1.82, 2.24) is 0 Å². The van der Waals surface area contributed by atoms with Gasteiger partial charge in [-0.3, -0.25) is 0 Å². The SMILES string of the molecule is NC(CSc1ccccc1Cl)Cc1ccc(Cl)c(F)c1. The van der Waals surface area contributed by atoms with Crippen molar-refractivity contribution in [3.8, 4) is 0 Å². The zero-order chi connectivity index (χ0) is 14.5. The molecule has 5 heteroatoms. The summed E-state index contributed by atoms with van der Waals surface area (Å²) in [5, 5.41) is 0.856. The van der Waals surface area contributed by atoms with E-state index < -0.39 is 5.82 Å². The lowest BCUT2D eigenvalue weighted by atomic mass is 10.1. The molecule has 2 rings (SSSR count). The Hall–Kier alpha value is -0.740. The maximum absolute atomic E-state index is 13.3. The molecule has 1 atom stereocenters. The van der Waals surface area contributed by atoms with Crippen LogP contribution in [-0.4, -0.2) is 11.8 Å². The van der Waals surface area contributed by atoms with Crippen LogP contribution in [-0.2, 0) is 6.42 Å². The molecule has 106 valence electrons. The van der Waals surface area contributed by atoms with Crippen LogP contribution in [0.5, 0.6) is 0 Å². The fraction of sp³-hybridized carbons (Fsp3) is 0.200. The van der Waals surface area contributed by atoms with Gasteiger partial charge < -0.3 is 5.73 Å². The molecule has 0 saturated heterocycles. The summed E-state index contributed by atoms with van der Waals surface area (Å²) < 4.78 is 13.3. The van der Waals surface area contributed by atoms with Crippen LogP contribution in [0.15, 0.2) is 47.4 Å². The number of rotatable bonds is 5. The largest absolute Gasteiger partial charge is 0.327 e. The summed E-state index contributed by atoms with van der Waals surface area (Å²) in [5.41, 5.74) is 6.92. The van der Waals surface area contributed by atoms with Crippen molar-refractivity contribution >= 4 is 35.0 Å². The molecule has 0 bridgehead atoms. The molecule has 0 heterocycles. The highest BCUT2D eigenvalue weighted by atomic mass is 35.5. The van der Waals surface area contributed by atoms with Crippen molar-refractivity contribution in [3.05, 3.63) is 63.9 Å². The minimum absolute atomic E-state index is 0.0724. The fourth-order valence-corrected chi connectivity index (χ4v) is 3.10. The maximum Gasteiger partial charge on any atom is 0.142 e. The van der Waals surface area contributed by atoms with Crippen LogP contribution >= 0.6 is 35.0 Å². The van der Waals surface area contributed by atoms with Crippen molar-refractivity contribution < 1.29 is 4.39 Å². The van der Waals surface area contributed by atoms with Crippen LogP contribution in [0.4, 0.5) is 4.39 Å². The highest BCUT2D eigenvalue weighted by Gasteiger charge is 2.08. The van der Waals surface area contributed by atoms with Crippen LogP contribution in [0, 0.1) is 5.82 Å². The smallest absolute Gasteiger partial charge is 0.142 e. The molecule has 0 saturated carbocycles. The van der Waals surface area contributed by atoms with Crippen molar-refractivity contribution in [3.63, 3.8) is 0 Å². The van der Waals surface area contributed by atoms with E-state index in [1.807, 2.05) is 24.3 Å². The summed E-state index contributed by atoms with van der Waals surface area (Å²) in [6.07, 6.45) is 0.603. The van der Waals surface area contributed by atoms with Gasteiger partial charge in [0.25, 0.3) is 0 Å². The van der Waals surface area contributed by atoms with Gasteiger partial charge in [0, 0.05) is 16.7 Å². The summed E-state index contributed by atoms with van der Waals surface area (Å²) in [5.74, 6) is 0.309. The molecule has 0 radical (unpaired) electrons. The first-order valence-corrected chi connectivity index (χ1v) is 7.87. The normalized spacial score (nSPS) is 12.4. The fourth-order valence-electron chi connectivity index (χ4n) is 1.79. The maximum atomic E-state index is 13.3. The molecule has 0 aliphatic heterocycles. The second-order valence-electron chi connectivity index (χ2n) is 4.45. The van der Waals surface area contributed by atoms with E-state index in [0.29, 0.717) is 12.2 Å². The number of thioether (sulfide) groups is 1. The Morgan fingerprint density at radius 3 is 2.55 bits per heavy atom. The van der Waals surface area contributed by atoms with E-state index in [2.05, 4.69) is 0 Å². The first-order chi connectivity index (χ1) is 9.56. The molecule has 0 aromatic heterocycles. The van der Waals surface area contributed by atoms with Crippen LogP contribution < -0.4 is 5.73 Å². The number of nitrogens with two attached hydrogens (primary N) is 1. The van der Waals surface area contributed by atoms with Crippen molar-refractivity contribution in [1.29, 1.82) is 0 Å². The molecule has 20 heavy (non-hydrogen) atoms. The molecule has 0 aliphatic rings. The van der Waals surface area contributed by atoms with Gasteiger partial charge in [0.05, 0.1) is 10.0 Å². The monoisotopic (exact) mass is 329 g/mol. The highest BCUT2D eigenvalue weighted by molar-refractivity contribution is 7.99. The summed E-state index contributed by atoms with van der Waals surface area (Å²) in [7, 11) is 0. The molecule has 2 aromatic carbocycles. The molecule has 1 nitrogen and oxygen atoms in total. The van der Waals surface area contributed by atoms with Crippen LogP contribution in [0.1, 0.15) is 5.56 Å². The van der Waals surface area contributed by atoms with E-state index in [1.165, 1.54) is 6.07 Å². The summed E-state index contributed by atoms with van der Waals surface area (Å²) in [6, 6.07) is 12.4. The van der Waals surface area contributed by atoms with Crippen LogP contribution in [0.3, 0.4) is 0 Å². The molecule has 0 spiro atoms. The minimum atomic E-state index is -0.407. The predicted molar refractivity (Wildman–Crippen MR) is 85.3 cm³/mol. The van der Waals surface area contributed by atoms with Gasteiger partial charge >= 0.3 is 0 Å². The average molecular weight is 330 g/mol. The third kappa shape index (κ3) is 4.38. The third-order valence-electron chi connectivity index (χ3n) is 2.77. The van der Waals surface area contributed by atoms with Gasteiger partial charge in [0.2, 0.25) is 0 Å². The summed E-state index contributed by atoms with van der Waals surface area (Å²) in [4.78, 5) is 1.01. The van der Waals surface area contributed by atoms with E-state index in [-0.39, 0.29) is 11.1 Å². The zero-order valence-corrected chi connectivity index (χ0v) is 13.0. The van der Waals surface area contributed by atoms with E-state index in [4.69, 9.17) is 28.9 Å². The molecule has 0 fully saturated rings. The second-order valence-corrected chi connectivity index (χ2v) is 6.33. The standard InChI is InChI=1S/C15H14Cl2FNS/c16-12-6-5-10(8-14(12)18)7-11(19)9-20-15-4-2-1-3-13(15)17/h1-6,8,11H,7,9,19H2. The Labute approximate surface area is 132 Å². The lowest BCUT2D eigenvalue weighted by Crippen LogP contribution is -2.25. The van der Waals surface area contributed by atoms with Crippen molar-refractivity contribution in [2.24, 2.45) is 5.73 Å². The molecular formula is C15H14Cl2FNS. The minimum Gasteiger partial charge on any atom is -0.327 e. The van der Waals surface area contributed by atoms with Crippen molar-refractivity contribution in [2.75, 3.05) is 5.75 Å². The van der Waals surface area contributed by atoms with Gasteiger partial charge in [-0.05, 0) is 36.2 Å². The zero-order valence-electron chi connectivity index (χ0n) is 10.7. The van der Waals surface area contributed by atoms with E-state index in [1.54, 1.807) is 23.9 Å². The molecule has 2 aromatic rings. The van der Waals surface area contributed by atoms with E-state index in [0.717, 1.165) is 15.5 Å². The number of benzene rings is 2. The quantitative estimate of drug-likeness (QED) is 0.798. The van der Waals surface area contributed by atoms with Crippen LogP contribution in [0.25, 0.3) is 0 Å². The Balaban J connectivity index is 1.91. The topological polar surface area (TPSA) is 26.0 Å². The third-order valence-corrected chi connectivity index (χ3v) is 4.78. The molecular weight excluding hydrogens is 316 g/mol. The van der Waals surface area contributed by atoms with Crippen LogP contribution in [0.2, 0.25) is 10.0 Å². The molecule has 1 unspecified atom stereocenters. The highest BCUT2D eigenvalue weighted by Crippen LogP contribution is 2.27. The van der Waals surface area contributed by atoms with Crippen molar-refractivity contribution in [2.45, 2.75) is 17.4 Å². The number of hydrogen-bond donors (Lipinski definition) is 1. The second kappa shape index (κ2) is 7.32. The Morgan fingerprint density at radius 2 is 1.85 bits per heavy atom. The Kier molecular flexibility index (Phi) is 5.73. The molecule has 2 N–H and O–H groups in total.